The Morgan fingerprint density at radius 3 is 2.79 bits per heavy atom. The van der Waals surface area contributed by atoms with Gasteiger partial charge in [-0.1, -0.05) is 60.3 Å². The Kier molecular flexibility index (Phi) is 5.04. The fraction of sp³-hybridized carbons (Fsp3) is 0.174. The van der Waals surface area contributed by atoms with Crippen molar-refractivity contribution in [3.05, 3.63) is 71.9 Å². The summed E-state index contributed by atoms with van der Waals surface area (Å²) in [7, 11) is 0. The van der Waals surface area contributed by atoms with Crippen LogP contribution in [0.1, 0.15) is 12.0 Å². The number of amides is 1. The molecule has 0 bridgehead atoms. The van der Waals surface area contributed by atoms with Crippen LogP contribution in [-0.2, 0) is 11.2 Å². The third-order valence-corrected chi connectivity index (χ3v) is 7.02. The molecule has 0 saturated heterocycles. The summed E-state index contributed by atoms with van der Waals surface area (Å²) in [6.07, 6.45) is 3.64. The third kappa shape index (κ3) is 3.54. The number of carbonyl (C=O) groups excluding carboxylic acids is 1. The van der Waals surface area contributed by atoms with Crippen molar-refractivity contribution in [2.24, 2.45) is 0 Å². The van der Waals surface area contributed by atoms with Gasteiger partial charge in [0, 0.05) is 23.2 Å². The van der Waals surface area contributed by atoms with Gasteiger partial charge in [0.05, 0.1) is 11.1 Å². The van der Waals surface area contributed by atoms with Gasteiger partial charge in [0.1, 0.15) is 16.2 Å². The van der Waals surface area contributed by atoms with E-state index in [1.165, 1.54) is 17.3 Å². The Morgan fingerprint density at radius 1 is 1.07 bits per heavy atom. The fourth-order valence-corrected chi connectivity index (χ4v) is 5.66. The number of benzene rings is 2. The molecule has 2 aromatic heterocycles. The number of rotatable bonds is 4. The number of anilines is 1. The fourth-order valence-electron chi connectivity index (χ4n) is 3.79. The molecule has 4 aromatic rings. The van der Waals surface area contributed by atoms with E-state index in [1.807, 2.05) is 41.3 Å². The highest BCUT2D eigenvalue weighted by atomic mass is 32.2. The monoisotopic (exact) mass is 417 g/mol. The average Bonchev–Trinajstić information content (AvgIpc) is 3.22. The Hall–Kier alpha value is -2.70. The summed E-state index contributed by atoms with van der Waals surface area (Å²) in [5.74, 6) is 0.496. The summed E-state index contributed by atoms with van der Waals surface area (Å²) in [5, 5.41) is 4.04. The summed E-state index contributed by atoms with van der Waals surface area (Å²) in [4.78, 5) is 24.9. The van der Waals surface area contributed by atoms with Crippen LogP contribution in [0, 0.1) is 0 Å². The molecule has 0 fully saturated rings. The molecule has 1 amide bonds. The maximum absolute atomic E-state index is 13.0. The highest BCUT2D eigenvalue weighted by Crippen LogP contribution is 2.38. The molecular formula is C23H19N3OS2. The zero-order valence-electron chi connectivity index (χ0n) is 15.7. The van der Waals surface area contributed by atoms with Crippen LogP contribution >= 0.6 is 23.1 Å². The van der Waals surface area contributed by atoms with E-state index in [0.717, 1.165) is 51.4 Å². The van der Waals surface area contributed by atoms with Crippen LogP contribution in [0.2, 0.25) is 0 Å². The molecule has 0 atom stereocenters. The lowest BCUT2D eigenvalue weighted by Gasteiger charge is -2.29. The van der Waals surface area contributed by atoms with Crippen molar-refractivity contribution in [1.29, 1.82) is 0 Å². The number of carbonyl (C=O) groups is 1. The van der Waals surface area contributed by atoms with E-state index >= 15 is 0 Å². The van der Waals surface area contributed by atoms with Crippen LogP contribution in [0.15, 0.2) is 71.3 Å². The number of aromatic nitrogens is 2. The molecule has 1 aliphatic rings. The highest BCUT2D eigenvalue weighted by molar-refractivity contribution is 8.00. The Labute approximate surface area is 177 Å². The second-order valence-electron chi connectivity index (χ2n) is 6.94. The smallest absolute Gasteiger partial charge is 0.237 e. The van der Waals surface area contributed by atoms with Crippen molar-refractivity contribution < 1.29 is 4.79 Å². The predicted molar refractivity (Wildman–Crippen MR) is 121 cm³/mol. The number of aryl methyl sites for hydroxylation is 1. The van der Waals surface area contributed by atoms with Crippen LogP contribution in [0.3, 0.4) is 0 Å². The summed E-state index contributed by atoms with van der Waals surface area (Å²) in [6, 6.07) is 18.5. The van der Waals surface area contributed by atoms with Crippen molar-refractivity contribution in [1.82, 2.24) is 9.97 Å². The van der Waals surface area contributed by atoms with Crippen LogP contribution < -0.4 is 4.90 Å². The lowest BCUT2D eigenvalue weighted by molar-refractivity contribution is -0.116. The minimum absolute atomic E-state index is 0.130. The molecule has 2 aromatic carbocycles. The van der Waals surface area contributed by atoms with E-state index in [9.17, 15) is 4.79 Å². The molecule has 29 heavy (non-hydrogen) atoms. The molecule has 0 saturated carbocycles. The topological polar surface area (TPSA) is 46.1 Å². The van der Waals surface area contributed by atoms with Gasteiger partial charge in [-0.2, -0.15) is 0 Å². The predicted octanol–water partition coefficient (Wildman–Crippen LogP) is 5.43. The number of para-hydroxylation sites is 1. The van der Waals surface area contributed by atoms with Crippen LogP contribution in [-0.4, -0.2) is 28.2 Å². The van der Waals surface area contributed by atoms with Crippen molar-refractivity contribution in [3.63, 3.8) is 0 Å². The van der Waals surface area contributed by atoms with Crippen LogP contribution in [0.5, 0.6) is 0 Å². The molecule has 4 nitrogen and oxygen atoms in total. The third-order valence-electron chi connectivity index (χ3n) is 5.16. The van der Waals surface area contributed by atoms with Gasteiger partial charge in [-0.05, 0) is 30.0 Å². The minimum Gasteiger partial charge on any atom is -0.311 e. The van der Waals surface area contributed by atoms with Gasteiger partial charge >= 0.3 is 0 Å². The number of fused-ring (bicyclic) bond motifs is 2. The number of thiophene rings is 1. The maximum atomic E-state index is 13.0. The quantitative estimate of drug-likeness (QED) is 0.328. The Balaban J connectivity index is 1.42. The van der Waals surface area contributed by atoms with Gasteiger partial charge in [0.2, 0.25) is 5.91 Å². The first-order valence-electron chi connectivity index (χ1n) is 9.60. The summed E-state index contributed by atoms with van der Waals surface area (Å²) in [6.45, 7) is 0.781. The van der Waals surface area contributed by atoms with Crippen molar-refractivity contribution in [3.8, 4) is 11.1 Å². The van der Waals surface area contributed by atoms with Gasteiger partial charge < -0.3 is 4.90 Å². The lowest BCUT2D eigenvalue weighted by Crippen LogP contribution is -2.36. The second-order valence-corrected chi connectivity index (χ2v) is 8.76. The van der Waals surface area contributed by atoms with E-state index < -0.39 is 0 Å². The summed E-state index contributed by atoms with van der Waals surface area (Å²) >= 11 is 3.12. The molecule has 144 valence electrons. The normalized spacial score (nSPS) is 13.4. The Bertz CT molecular complexity index is 1170. The van der Waals surface area contributed by atoms with Crippen molar-refractivity contribution in [2.45, 2.75) is 17.9 Å². The standard InChI is InChI=1S/C23H19N3OS2/c27-20(26-12-6-10-17-9-4-5-11-19(17)26)14-29-23-21-18(16-7-2-1-3-8-16)13-28-22(21)24-15-25-23/h1-5,7-9,11,13,15H,6,10,12,14H2. The zero-order chi connectivity index (χ0) is 19.6. The van der Waals surface area contributed by atoms with E-state index in [0.29, 0.717) is 5.75 Å². The molecule has 0 spiro atoms. The highest BCUT2D eigenvalue weighted by Gasteiger charge is 2.23. The molecule has 0 aliphatic carbocycles. The van der Waals surface area contributed by atoms with Gasteiger partial charge in [-0.15, -0.1) is 11.3 Å². The Morgan fingerprint density at radius 2 is 1.90 bits per heavy atom. The minimum atomic E-state index is 0.130. The molecule has 1 aliphatic heterocycles. The zero-order valence-corrected chi connectivity index (χ0v) is 17.4. The molecule has 6 heteroatoms. The summed E-state index contributed by atoms with van der Waals surface area (Å²) in [5.41, 5.74) is 4.58. The largest absolute Gasteiger partial charge is 0.311 e. The van der Waals surface area contributed by atoms with Gasteiger partial charge in [0.25, 0.3) is 0 Å². The molecular weight excluding hydrogens is 398 g/mol. The van der Waals surface area contributed by atoms with Gasteiger partial charge in [0.15, 0.2) is 0 Å². The van der Waals surface area contributed by atoms with Crippen molar-refractivity contribution >= 4 is 44.9 Å². The van der Waals surface area contributed by atoms with Gasteiger partial charge in [-0.25, -0.2) is 9.97 Å². The number of nitrogens with zero attached hydrogens (tertiary/aromatic N) is 3. The van der Waals surface area contributed by atoms with E-state index in [1.54, 1.807) is 17.7 Å². The van der Waals surface area contributed by atoms with Crippen molar-refractivity contribution in [2.75, 3.05) is 17.2 Å². The van der Waals surface area contributed by atoms with Crippen LogP contribution in [0.25, 0.3) is 21.3 Å². The molecule has 5 rings (SSSR count). The van der Waals surface area contributed by atoms with Crippen LogP contribution in [0.4, 0.5) is 5.69 Å². The van der Waals surface area contributed by atoms with Gasteiger partial charge in [-0.3, -0.25) is 4.79 Å². The first-order valence-corrected chi connectivity index (χ1v) is 11.5. The van der Waals surface area contributed by atoms with E-state index in [2.05, 4.69) is 33.5 Å². The van der Waals surface area contributed by atoms with E-state index in [-0.39, 0.29) is 5.91 Å². The number of hydrogen-bond donors (Lipinski definition) is 0. The average molecular weight is 418 g/mol. The lowest BCUT2D eigenvalue weighted by atomic mass is 10.0. The SMILES string of the molecule is O=C(CSc1ncnc2scc(-c3ccccc3)c12)N1CCCc2ccccc21. The first kappa shape index (κ1) is 18.3. The molecule has 0 radical (unpaired) electrons. The molecule has 0 N–H and O–H groups in total. The first-order chi connectivity index (χ1) is 14.3. The number of thioether (sulfide) groups is 1. The van der Waals surface area contributed by atoms with E-state index in [4.69, 9.17) is 0 Å². The summed E-state index contributed by atoms with van der Waals surface area (Å²) < 4.78 is 0. The number of hydrogen-bond acceptors (Lipinski definition) is 5. The second kappa shape index (κ2) is 7.97. The maximum Gasteiger partial charge on any atom is 0.237 e. The molecule has 3 heterocycles. The molecule has 0 unspecified atom stereocenters.